The standard InChI is InChI=1S/C25H18Cl3N3O3/c1-13-9-10-16(26)12-19(13)30-23(32)15-5-3-6-17(11-15)29-22-21(28)24(33)31(25(22)34)20-8-4-7-18(27)14(20)2/h3-12,29H,1-2H3,(H,30,32). The first kappa shape index (κ1) is 23.8. The highest BCUT2D eigenvalue weighted by Gasteiger charge is 2.39. The van der Waals surface area contributed by atoms with Crippen molar-refractivity contribution in [1.82, 2.24) is 0 Å². The molecule has 1 aliphatic rings. The van der Waals surface area contributed by atoms with Gasteiger partial charge in [0, 0.05) is 27.0 Å². The molecule has 0 aromatic heterocycles. The van der Waals surface area contributed by atoms with E-state index in [4.69, 9.17) is 34.8 Å². The van der Waals surface area contributed by atoms with Gasteiger partial charge in [0.15, 0.2) is 0 Å². The van der Waals surface area contributed by atoms with Gasteiger partial charge in [-0.25, -0.2) is 4.90 Å². The minimum Gasteiger partial charge on any atom is -0.350 e. The summed E-state index contributed by atoms with van der Waals surface area (Å²) in [5, 5.41) is 6.37. The van der Waals surface area contributed by atoms with E-state index >= 15 is 0 Å². The third kappa shape index (κ3) is 4.53. The van der Waals surface area contributed by atoms with Crippen molar-refractivity contribution in [3.05, 3.63) is 98.1 Å². The SMILES string of the molecule is Cc1ccc(Cl)cc1NC(=O)c1cccc(NC2=C(Cl)C(=O)N(c3cccc(Cl)c3C)C2=O)c1. The van der Waals surface area contributed by atoms with Crippen LogP contribution in [0, 0.1) is 13.8 Å². The molecule has 6 nitrogen and oxygen atoms in total. The Morgan fingerprint density at radius 2 is 1.62 bits per heavy atom. The number of aryl methyl sites for hydroxylation is 1. The number of benzene rings is 3. The molecule has 1 aliphatic heterocycles. The van der Waals surface area contributed by atoms with Gasteiger partial charge in [0.2, 0.25) is 0 Å². The summed E-state index contributed by atoms with van der Waals surface area (Å²) in [6.07, 6.45) is 0. The fraction of sp³-hybridized carbons (Fsp3) is 0.0800. The molecule has 0 unspecified atom stereocenters. The van der Waals surface area contributed by atoms with Gasteiger partial charge in [-0.2, -0.15) is 0 Å². The molecule has 0 bridgehead atoms. The predicted octanol–water partition coefficient (Wildman–Crippen LogP) is 6.30. The predicted molar refractivity (Wildman–Crippen MR) is 136 cm³/mol. The summed E-state index contributed by atoms with van der Waals surface area (Å²) < 4.78 is 0. The van der Waals surface area contributed by atoms with E-state index in [0.717, 1.165) is 10.5 Å². The Hall–Kier alpha value is -3.32. The first-order chi connectivity index (χ1) is 16.2. The van der Waals surface area contributed by atoms with E-state index in [1.54, 1.807) is 67.6 Å². The van der Waals surface area contributed by atoms with E-state index in [2.05, 4.69) is 10.6 Å². The first-order valence-electron chi connectivity index (χ1n) is 10.2. The zero-order valence-corrected chi connectivity index (χ0v) is 20.3. The number of nitrogens with zero attached hydrogens (tertiary/aromatic N) is 1. The van der Waals surface area contributed by atoms with Crippen molar-refractivity contribution in [2.75, 3.05) is 15.5 Å². The number of amides is 3. The molecule has 0 aliphatic carbocycles. The molecule has 0 atom stereocenters. The average Bonchev–Trinajstić information content (AvgIpc) is 3.01. The summed E-state index contributed by atoms with van der Waals surface area (Å²) in [5.74, 6) is -1.64. The number of halogens is 3. The molecule has 2 N–H and O–H groups in total. The zero-order chi connectivity index (χ0) is 24.6. The van der Waals surface area contributed by atoms with Crippen LogP contribution in [0.2, 0.25) is 10.0 Å². The number of rotatable bonds is 5. The monoisotopic (exact) mass is 513 g/mol. The summed E-state index contributed by atoms with van der Waals surface area (Å²) in [4.78, 5) is 39.6. The lowest BCUT2D eigenvalue weighted by Gasteiger charge is -2.18. The molecule has 9 heteroatoms. The van der Waals surface area contributed by atoms with E-state index in [9.17, 15) is 14.4 Å². The number of nitrogens with one attached hydrogen (secondary N) is 2. The van der Waals surface area contributed by atoms with Crippen LogP contribution in [0.25, 0.3) is 0 Å². The Morgan fingerprint density at radius 1 is 0.882 bits per heavy atom. The fourth-order valence-electron chi connectivity index (χ4n) is 3.47. The van der Waals surface area contributed by atoms with Gasteiger partial charge in [-0.1, -0.05) is 53.0 Å². The third-order valence-corrected chi connectivity index (χ3v) is 6.34. The maximum atomic E-state index is 13.1. The molecule has 3 amide bonds. The van der Waals surface area contributed by atoms with Gasteiger partial charge < -0.3 is 10.6 Å². The largest absolute Gasteiger partial charge is 0.350 e. The van der Waals surface area contributed by atoms with Gasteiger partial charge in [-0.3, -0.25) is 14.4 Å². The molecular formula is C25H18Cl3N3O3. The summed E-state index contributed by atoms with van der Waals surface area (Å²) in [6, 6.07) is 16.6. The molecule has 0 fully saturated rings. The molecule has 34 heavy (non-hydrogen) atoms. The Labute approximate surface area is 211 Å². The van der Waals surface area contributed by atoms with Gasteiger partial charge in [0.05, 0.1) is 5.69 Å². The van der Waals surface area contributed by atoms with Gasteiger partial charge >= 0.3 is 0 Å². The number of hydrogen-bond acceptors (Lipinski definition) is 4. The summed E-state index contributed by atoms with van der Waals surface area (Å²) in [6.45, 7) is 3.57. The van der Waals surface area contributed by atoms with Crippen LogP contribution in [0.15, 0.2) is 71.4 Å². The van der Waals surface area contributed by atoms with E-state index in [-0.39, 0.29) is 16.6 Å². The second-order valence-electron chi connectivity index (χ2n) is 7.64. The van der Waals surface area contributed by atoms with Crippen LogP contribution in [0.4, 0.5) is 17.1 Å². The minimum absolute atomic E-state index is 0.0886. The summed E-state index contributed by atoms with van der Waals surface area (Å²) >= 11 is 18.4. The van der Waals surface area contributed by atoms with Crippen molar-refractivity contribution >= 4 is 69.6 Å². The molecule has 3 aromatic carbocycles. The van der Waals surface area contributed by atoms with E-state index in [1.807, 2.05) is 6.92 Å². The highest BCUT2D eigenvalue weighted by molar-refractivity contribution is 6.53. The van der Waals surface area contributed by atoms with Crippen molar-refractivity contribution in [3.8, 4) is 0 Å². The summed E-state index contributed by atoms with van der Waals surface area (Å²) in [5.41, 5.74) is 3.03. The van der Waals surface area contributed by atoms with Crippen molar-refractivity contribution < 1.29 is 14.4 Å². The smallest absolute Gasteiger partial charge is 0.283 e. The average molecular weight is 515 g/mol. The van der Waals surface area contributed by atoms with Crippen molar-refractivity contribution in [2.24, 2.45) is 0 Å². The molecule has 172 valence electrons. The highest BCUT2D eigenvalue weighted by Crippen LogP contribution is 2.34. The van der Waals surface area contributed by atoms with Crippen LogP contribution >= 0.6 is 34.8 Å². The number of imide groups is 1. The fourth-order valence-corrected chi connectivity index (χ4v) is 4.03. The number of carbonyl (C=O) groups is 3. The lowest BCUT2D eigenvalue weighted by molar-refractivity contribution is -0.120. The summed E-state index contributed by atoms with van der Waals surface area (Å²) in [7, 11) is 0. The Morgan fingerprint density at radius 3 is 2.38 bits per heavy atom. The molecule has 1 heterocycles. The maximum absolute atomic E-state index is 13.1. The lowest BCUT2D eigenvalue weighted by atomic mass is 10.1. The topological polar surface area (TPSA) is 78.5 Å². The second kappa shape index (κ2) is 9.50. The molecule has 0 saturated carbocycles. The van der Waals surface area contributed by atoms with Crippen LogP contribution in [-0.4, -0.2) is 17.7 Å². The quantitative estimate of drug-likeness (QED) is 0.392. The molecule has 0 radical (unpaired) electrons. The van der Waals surface area contributed by atoms with Gasteiger partial charge in [0.1, 0.15) is 10.7 Å². The first-order valence-corrected chi connectivity index (χ1v) is 11.3. The normalized spacial score (nSPS) is 13.5. The van der Waals surface area contributed by atoms with E-state index in [1.165, 1.54) is 0 Å². The van der Waals surface area contributed by atoms with E-state index in [0.29, 0.717) is 38.2 Å². The number of anilines is 3. The molecule has 3 aromatic rings. The molecular weight excluding hydrogens is 497 g/mol. The zero-order valence-electron chi connectivity index (χ0n) is 18.1. The van der Waals surface area contributed by atoms with E-state index < -0.39 is 11.8 Å². The van der Waals surface area contributed by atoms with Crippen LogP contribution in [0.5, 0.6) is 0 Å². The van der Waals surface area contributed by atoms with Crippen LogP contribution in [0.1, 0.15) is 21.5 Å². The van der Waals surface area contributed by atoms with Crippen LogP contribution in [0.3, 0.4) is 0 Å². The number of carbonyl (C=O) groups excluding carboxylic acids is 3. The van der Waals surface area contributed by atoms with Crippen molar-refractivity contribution in [1.29, 1.82) is 0 Å². The number of hydrogen-bond donors (Lipinski definition) is 2. The van der Waals surface area contributed by atoms with Crippen LogP contribution < -0.4 is 15.5 Å². The molecule has 0 saturated heterocycles. The van der Waals surface area contributed by atoms with Gasteiger partial charge in [-0.15, -0.1) is 0 Å². The van der Waals surface area contributed by atoms with Gasteiger partial charge in [-0.05, 0) is 67.4 Å². The second-order valence-corrected chi connectivity index (χ2v) is 8.86. The van der Waals surface area contributed by atoms with Crippen LogP contribution in [-0.2, 0) is 9.59 Å². The minimum atomic E-state index is -0.662. The lowest BCUT2D eigenvalue weighted by Crippen LogP contribution is -2.32. The van der Waals surface area contributed by atoms with Gasteiger partial charge in [0.25, 0.3) is 17.7 Å². The highest BCUT2D eigenvalue weighted by atomic mass is 35.5. The molecule has 4 rings (SSSR count). The third-order valence-electron chi connectivity index (χ3n) is 5.35. The molecule has 0 spiro atoms. The Bertz CT molecular complexity index is 1380. The van der Waals surface area contributed by atoms with Crippen molar-refractivity contribution in [3.63, 3.8) is 0 Å². The maximum Gasteiger partial charge on any atom is 0.283 e. The Kier molecular flexibility index (Phi) is 6.66. The van der Waals surface area contributed by atoms with Crippen molar-refractivity contribution in [2.45, 2.75) is 13.8 Å². The Balaban J connectivity index is 1.57.